The van der Waals surface area contributed by atoms with Crippen LogP contribution in [0.4, 0.5) is 0 Å². The van der Waals surface area contributed by atoms with E-state index in [4.69, 9.17) is 0 Å². The molecular formula is C19H23N3O. The smallest absolute Gasteiger partial charge is 0.223 e. The Morgan fingerprint density at radius 1 is 1.26 bits per heavy atom. The lowest BCUT2D eigenvalue weighted by atomic mass is 9.96. The lowest BCUT2D eigenvalue weighted by Gasteiger charge is -2.21. The zero-order valence-corrected chi connectivity index (χ0v) is 13.8. The first-order chi connectivity index (χ1) is 11.1. The average Bonchev–Trinajstić information content (AvgIpc) is 2.96. The minimum absolute atomic E-state index is 0.220. The Morgan fingerprint density at radius 2 is 2.04 bits per heavy atom. The van der Waals surface area contributed by atoms with Gasteiger partial charge in [0.1, 0.15) is 0 Å². The van der Waals surface area contributed by atoms with Gasteiger partial charge in [0.15, 0.2) is 0 Å². The molecule has 1 aliphatic rings. The molecule has 23 heavy (non-hydrogen) atoms. The number of carbonyl (C=O) groups is 1. The van der Waals surface area contributed by atoms with E-state index in [0.29, 0.717) is 24.8 Å². The number of amides is 1. The maximum atomic E-state index is 12.5. The number of rotatable bonds is 4. The molecule has 1 saturated heterocycles. The Bertz CT molecular complexity index is 654. The van der Waals surface area contributed by atoms with E-state index in [2.05, 4.69) is 48.1 Å². The fourth-order valence-corrected chi connectivity index (χ4v) is 3.30. The SMILES string of the molecule is Cc1ccc([C@H]2C[C@@H](C)N(C(=O)CCc3cnccn3)C2)cc1. The normalized spacial score (nSPS) is 20.7. The molecule has 3 rings (SSSR count). The largest absolute Gasteiger partial charge is 0.339 e. The van der Waals surface area contributed by atoms with Crippen molar-refractivity contribution in [1.82, 2.24) is 14.9 Å². The molecule has 2 aromatic rings. The molecule has 1 aliphatic heterocycles. The van der Waals surface area contributed by atoms with Crippen LogP contribution in [0.15, 0.2) is 42.9 Å². The van der Waals surface area contributed by atoms with Gasteiger partial charge in [0.2, 0.25) is 5.91 Å². The van der Waals surface area contributed by atoms with Gasteiger partial charge in [0.25, 0.3) is 0 Å². The highest BCUT2D eigenvalue weighted by atomic mass is 16.2. The van der Waals surface area contributed by atoms with Crippen LogP contribution >= 0.6 is 0 Å². The molecule has 4 nitrogen and oxygen atoms in total. The summed E-state index contributed by atoms with van der Waals surface area (Å²) in [7, 11) is 0. The zero-order valence-electron chi connectivity index (χ0n) is 13.8. The summed E-state index contributed by atoms with van der Waals surface area (Å²) in [6.45, 7) is 5.07. The van der Waals surface area contributed by atoms with Crippen molar-refractivity contribution in [3.63, 3.8) is 0 Å². The summed E-state index contributed by atoms with van der Waals surface area (Å²) in [5, 5.41) is 0. The van der Waals surface area contributed by atoms with Crippen molar-refractivity contribution in [3.05, 3.63) is 59.7 Å². The van der Waals surface area contributed by atoms with Crippen LogP contribution in [0.25, 0.3) is 0 Å². The van der Waals surface area contributed by atoms with Gasteiger partial charge in [-0.15, -0.1) is 0 Å². The molecular weight excluding hydrogens is 286 g/mol. The number of aromatic nitrogens is 2. The second kappa shape index (κ2) is 6.90. The summed E-state index contributed by atoms with van der Waals surface area (Å²) in [6, 6.07) is 8.99. The van der Waals surface area contributed by atoms with Gasteiger partial charge in [0.05, 0.1) is 5.69 Å². The Labute approximate surface area is 137 Å². The third kappa shape index (κ3) is 3.76. The van der Waals surface area contributed by atoms with Crippen LogP contribution in [0.5, 0.6) is 0 Å². The summed E-state index contributed by atoms with van der Waals surface area (Å²) >= 11 is 0. The van der Waals surface area contributed by atoms with Crippen molar-refractivity contribution in [2.24, 2.45) is 0 Å². The van der Waals surface area contributed by atoms with Gasteiger partial charge in [-0.05, 0) is 32.3 Å². The van der Waals surface area contributed by atoms with Gasteiger partial charge < -0.3 is 4.90 Å². The number of benzene rings is 1. The van der Waals surface area contributed by atoms with Gasteiger partial charge in [-0.2, -0.15) is 0 Å². The van der Waals surface area contributed by atoms with Crippen molar-refractivity contribution in [1.29, 1.82) is 0 Å². The molecule has 0 N–H and O–H groups in total. The van der Waals surface area contributed by atoms with E-state index >= 15 is 0 Å². The molecule has 1 fully saturated rings. The van der Waals surface area contributed by atoms with Crippen LogP contribution in [0.3, 0.4) is 0 Å². The van der Waals surface area contributed by atoms with E-state index in [1.807, 2.05) is 4.90 Å². The van der Waals surface area contributed by atoms with E-state index < -0.39 is 0 Å². The first-order valence-corrected chi connectivity index (χ1v) is 8.24. The van der Waals surface area contributed by atoms with Crippen LogP contribution in [0.2, 0.25) is 0 Å². The fraction of sp³-hybridized carbons (Fsp3) is 0.421. The summed E-state index contributed by atoms with van der Waals surface area (Å²) < 4.78 is 0. The first-order valence-electron chi connectivity index (χ1n) is 8.24. The molecule has 0 saturated carbocycles. The van der Waals surface area contributed by atoms with Crippen LogP contribution in [-0.2, 0) is 11.2 Å². The number of hydrogen-bond acceptors (Lipinski definition) is 3. The van der Waals surface area contributed by atoms with E-state index in [9.17, 15) is 4.79 Å². The minimum Gasteiger partial charge on any atom is -0.339 e. The highest BCUT2D eigenvalue weighted by Crippen LogP contribution is 2.32. The topological polar surface area (TPSA) is 46.1 Å². The fourth-order valence-electron chi connectivity index (χ4n) is 3.30. The maximum absolute atomic E-state index is 12.5. The average molecular weight is 309 g/mol. The lowest BCUT2D eigenvalue weighted by Crippen LogP contribution is -2.34. The Kier molecular flexibility index (Phi) is 4.70. The quantitative estimate of drug-likeness (QED) is 0.871. The van der Waals surface area contributed by atoms with Crippen molar-refractivity contribution in [2.45, 2.75) is 45.1 Å². The van der Waals surface area contributed by atoms with Crippen molar-refractivity contribution in [3.8, 4) is 0 Å². The molecule has 4 heteroatoms. The number of nitrogens with zero attached hydrogens (tertiary/aromatic N) is 3. The molecule has 0 spiro atoms. The van der Waals surface area contributed by atoms with Gasteiger partial charge in [-0.3, -0.25) is 14.8 Å². The van der Waals surface area contributed by atoms with Gasteiger partial charge in [0, 0.05) is 43.5 Å². The van der Waals surface area contributed by atoms with Crippen LogP contribution in [-0.4, -0.2) is 33.4 Å². The van der Waals surface area contributed by atoms with Gasteiger partial charge >= 0.3 is 0 Å². The van der Waals surface area contributed by atoms with E-state index in [-0.39, 0.29) is 5.91 Å². The Morgan fingerprint density at radius 3 is 2.74 bits per heavy atom. The molecule has 1 aromatic carbocycles. The number of likely N-dealkylation sites (tertiary alicyclic amines) is 1. The lowest BCUT2D eigenvalue weighted by molar-refractivity contribution is -0.131. The molecule has 1 aromatic heterocycles. The molecule has 2 heterocycles. The predicted octanol–water partition coefficient (Wildman–Crippen LogP) is 3.12. The Hall–Kier alpha value is -2.23. The standard InChI is InChI=1S/C19H23N3O/c1-14-3-5-16(6-4-14)17-11-15(2)22(13-17)19(23)8-7-18-12-20-9-10-21-18/h3-6,9-10,12,15,17H,7-8,11,13H2,1-2H3/t15-,17+/m1/s1. The summed E-state index contributed by atoms with van der Waals surface area (Å²) in [6.07, 6.45) is 7.26. The molecule has 120 valence electrons. The van der Waals surface area contributed by atoms with E-state index in [1.165, 1.54) is 11.1 Å². The van der Waals surface area contributed by atoms with Crippen LogP contribution in [0.1, 0.15) is 42.5 Å². The highest BCUT2D eigenvalue weighted by molar-refractivity contribution is 5.77. The van der Waals surface area contributed by atoms with Crippen molar-refractivity contribution in [2.75, 3.05) is 6.54 Å². The molecule has 1 amide bonds. The minimum atomic E-state index is 0.220. The van der Waals surface area contributed by atoms with Crippen LogP contribution in [0, 0.1) is 6.92 Å². The van der Waals surface area contributed by atoms with E-state index in [1.54, 1.807) is 18.6 Å². The highest BCUT2D eigenvalue weighted by Gasteiger charge is 2.32. The predicted molar refractivity (Wildman–Crippen MR) is 90.1 cm³/mol. The number of aryl methyl sites for hydroxylation is 2. The Balaban J connectivity index is 1.59. The number of carbonyl (C=O) groups excluding carboxylic acids is 1. The third-order valence-electron chi connectivity index (χ3n) is 4.66. The van der Waals surface area contributed by atoms with Gasteiger partial charge in [-0.25, -0.2) is 0 Å². The summed E-state index contributed by atoms with van der Waals surface area (Å²) in [5.41, 5.74) is 3.49. The molecule has 0 bridgehead atoms. The van der Waals surface area contributed by atoms with E-state index in [0.717, 1.165) is 18.7 Å². The zero-order chi connectivity index (χ0) is 16.2. The van der Waals surface area contributed by atoms with Crippen LogP contribution < -0.4 is 0 Å². The molecule has 0 aliphatic carbocycles. The summed E-state index contributed by atoms with van der Waals surface area (Å²) in [5.74, 6) is 0.670. The molecule has 0 unspecified atom stereocenters. The second-order valence-electron chi connectivity index (χ2n) is 6.44. The molecule has 2 atom stereocenters. The first kappa shape index (κ1) is 15.7. The molecule has 0 radical (unpaired) electrons. The second-order valence-corrected chi connectivity index (χ2v) is 6.44. The monoisotopic (exact) mass is 309 g/mol. The van der Waals surface area contributed by atoms with Crippen molar-refractivity contribution < 1.29 is 4.79 Å². The van der Waals surface area contributed by atoms with Gasteiger partial charge in [-0.1, -0.05) is 29.8 Å². The number of hydrogen-bond donors (Lipinski definition) is 0. The summed E-state index contributed by atoms with van der Waals surface area (Å²) in [4.78, 5) is 22.8. The maximum Gasteiger partial charge on any atom is 0.223 e. The van der Waals surface area contributed by atoms with Crippen molar-refractivity contribution >= 4 is 5.91 Å². The third-order valence-corrected chi connectivity index (χ3v) is 4.66.